The van der Waals surface area contributed by atoms with Crippen LogP contribution < -0.4 is 15.5 Å². The highest BCUT2D eigenvalue weighted by molar-refractivity contribution is 5.86. The fourth-order valence-corrected chi connectivity index (χ4v) is 5.42. The maximum absolute atomic E-state index is 13.4. The van der Waals surface area contributed by atoms with Crippen molar-refractivity contribution in [3.8, 4) is 0 Å². The Kier molecular flexibility index (Phi) is 6.04. The molecule has 3 aromatic heterocycles. The van der Waals surface area contributed by atoms with Crippen molar-refractivity contribution >= 4 is 29.0 Å². The first-order chi connectivity index (χ1) is 17.4. The van der Waals surface area contributed by atoms with E-state index in [0.29, 0.717) is 42.6 Å². The summed E-state index contributed by atoms with van der Waals surface area (Å²) in [5.74, 6) is 1.64. The van der Waals surface area contributed by atoms with Crippen molar-refractivity contribution in [1.82, 2.24) is 34.4 Å². The molecule has 5 heterocycles. The van der Waals surface area contributed by atoms with E-state index in [-0.39, 0.29) is 11.9 Å². The third-order valence-electron chi connectivity index (χ3n) is 7.53. The molecule has 1 unspecified atom stereocenters. The minimum Gasteiger partial charge on any atom is -0.391 e. The van der Waals surface area contributed by atoms with E-state index in [2.05, 4.69) is 39.5 Å². The highest BCUT2D eigenvalue weighted by Gasteiger charge is 2.40. The number of carbonyl (C=O) groups is 1. The highest BCUT2D eigenvalue weighted by atomic mass is 16.3. The number of aliphatic hydroxyl groups is 1. The number of aromatic nitrogens is 5. The van der Waals surface area contributed by atoms with Crippen LogP contribution in [0, 0.1) is 0 Å². The van der Waals surface area contributed by atoms with Crippen LogP contribution in [0.1, 0.15) is 52.0 Å². The lowest BCUT2D eigenvalue weighted by molar-refractivity contribution is -0.123. The lowest BCUT2D eigenvalue weighted by atomic mass is 10.0. The second-order valence-corrected chi connectivity index (χ2v) is 10.7. The number of β-amino-alcohol motifs (C(OH)–C–C–N with tert-alkyl or cyclic N) is 1. The van der Waals surface area contributed by atoms with Crippen LogP contribution in [0.2, 0.25) is 0 Å². The van der Waals surface area contributed by atoms with E-state index in [1.807, 2.05) is 34.0 Å². The number of anilines is 3. The molecule has 1 aliphatic carbocycles. The first-order valence-electron chi connectivity index (χ1n) is 13.1. The minimum atomic E-state index is -0.614. The smallest absolute Gasteiger partial charge is 0.246 e. The molecule has 3 N–H and O–H groups in total. The summed E-state index contributed by atoms with van der Waals surface area (Å²) < 4.78 is 3.77. The van der Waals surface area contributed by atoms with Gasteiger partial charge in [-0.05, 0) is 58.2 Å². The van der Waals surface area contributed by atoms with E-state index >= 15 is 0 Å². The van der Waals surface area contributed by atoms with Crippen LogP contribution in [0.25, 0.3) is 5.52 Å². The van der Waals surface area contributed by atoms with E-state index in [4.69, 9.17) is 4.98 Å². The Morgan fingerprint density at radius 3 is 2.86 bits per heavy atom. The number of nitrogens with one attached hydrogen (secondary N) is 2. The largest absolute Gasteiger partial charge is 0.391 e. The number of amides is 1. The van der Waals surface area contributed by atoms with Gasteiger partial charge >= 0.3 is 0 Å². The van der Waals surface area contributed by atoms with Gasteiger partial charge < -0.3 is 25.2 Å². The van der Waals surface area contributed by atoms with Gasteiger partial charge in [-0.1, -0.05) is 0 Å². The van der Waals surface area contributed by atoms with Gasteiger partial charge in [0.15, 0.2) is 5.82 Å². The number of hydrogen-bond donors (Lipinski definition) is 3. The number of nitrogens with zero attached hydrogens (tertiary/aromatic N) is 7. The van der Waals surface area contributed by atoms with Crippen molar-refractivity contribution < 1.29 is 9.90 Å². The lowest BCUT2D eigenvalue weighted by Gasteiger charge is -2.34. The zero-order valence-corrected chi connectivity index (χ0v) is 20.9. The van der Waals surface area contributed by atoms with Crippen LogP contribution in [0.3, 0.4) is 0 Å². The van der Waals surface area contributed by atoms with E-state index in [1.54, 1.807) is 10.8 Å². The van der Waals surface area contributed by atoms with Gasteiger partial charge in [0.2, 0.25) is 11.9 Å². The Balaban J connectivity index is 1.23. The number of rotatable bonds is 7. The lowest BCUT2D eigenvalue weighted by Crippen LogP contribution is -2.53. The fraction of sp³-hybridized carbons (Fsp3) is 0.600. The quantitative estimate of drug-likeness (QED) is 0.457. The van der Waals surface area contributed by atoms with Crippen LogP contribution in [0.15, 0.2) is 30.9 Å². The van der Waals surface area contributed by atoms with Crippen LogP contribution in [-0.4, -0.2) is 83.9 Å². The van der Waals surface area contributed by atoms with Gasteiger partial charge in [0, 0.05) is 50.0 Å². The van der Waals surface area contributed by atoms with Crippen molar-refractivity contribution in [2.45, 2.75) is 76.2 Å². The summed E-state index contributed by atoms with van der Waals surface area (Å²) in [5.41, 5.74) is 0.806. The van der Waals surface area contributed by atoms with Crippen LogP contribution in [0.5, 0.6) is 0 Å². The SMILES string of the molecule is CC(C)n1cnc(Nc2nc(N3C[C@@H](O)C[C@H]3C(=O)NC3CCCN(C4CC4)C3)nn3cccc23)c1. The molecule has 2 aliphatic heterocycles. The molecule has 1 saturated carbocycles. The van der Waals surface area contributed by atoms with Gasteiger partial charge in [0.1, 0.15) is 17.4 Å². The van der Waals surface area contributed by atoms with Crippen LogP contribution >= 0.6 is 0 Å². The van der Waals surface area contributed by atoms with Gasteiger partial charge in [0.05, 0.1) is 12.4 Å². The van der Waals surface area contributed by atoms with E-state index in [1.165, 1.54) is 12.8 Å². The predicted octanol–water partition coefficient (Wildman–Crippen LogP) is 1.93. The third-order valence-corrected chi connectivity index (χ3v) is 7.53. The molecule has 3 fully saturated rings. The molecule has 6 rings (SSSR count). The van der Waals surface area contributed by atoms with Crippen LogP contribution in [-0.2, 0) is 4.79 Å². The summed E-state index contributed by atoms with van der Waals surface area (Å²) in [4.78, 5) is 27.0. The maximum Gasteiger partial charge on any atom is 0.246 e. The van der Waals surface area contributed by atoms with Gasteiger partial charge in [-0.2, -0.15) is 4.98 Å². The average Bonchev–Trinajstić information content (AvgIpc) is 3.23. The van der Waals surface area contributed by atoms with E-state index in [0.717, 1.165) is 31.4 Å². The number of aliphatic hydroxyl groups excluding tert-OH is 1. The third kappa shape index (κ3) is 4.64. The van der Waals surface area contributed by atoms with Gasteiger partial charge in [-0.25, -0.2) is 9.50 Å². The highest BCUT2D eigenvalue weighted by Crippen LogP contribution is 2.30. The van der Waals surface area contributed by atoms with Crippen molar-refractivity contribution in [2.75, 3.05) is 29.9 Å². The van der Waals surface area contributed by atoms with Gasteiger partial charge in [-0.3, -0.25) is 9.69 Å². The fourth-order valence-electron chi connectivity index (χ4n) is 5.42. The number of likely N-dealkylation sites (tertiary alicyclic amines) is 1. The molecule has 0 bridgehead atoms. The Labute approximate surface area is 210 Å². The molecule has 0 spiro atoms. The minimum absolute atomic E-state index is 0.0596. The molecule has 3 aromatic rings. The molecule has 1 amide bonds. The Morgan fingerprint density at radius 2 is 2.08 bits per heavy atom. The average molecular weight is 494 g/mol. The number of piperidine rings is 1. The molecule has 0 radical (unpaired) electrons. The molecular weight excluding hydrogens is 458 g/mol. The van der Waals surface area contributed by atoms with Crippen molar-refractivity contribution in [2.24, 2.45) is 0 Å². The number of hydrogen-bond acceptors (Lipinski definition) is 8. The summed E-state index contributed by atoms with van der Waals surface area (Å²) in [5, 5.41) is 21.8. The molecular formula is C25H35N9O2. The van der Waals surface area contributed by atoms with Crippen molar-refractivity contribution in [1.29, 1.82) is 0 Å². The summed E-state index contributed by atoms with van der Waals surface area (Å²) in [6, 6.07) is 4.47. The molecule has 2 saturated heterocycles. The normalized spacial score (nSPS) is 25.1. The van der Waals surface area contributed by atoms with Gasteiger partial charge in [-0.15, -0.1) is 5.10 Å². The van der Waals surface area contributed by atoms with E-state index < -0.39 is 12.1 Å². The molecule has 11 heteroatoms. The van der Waals surface area contributed by atoms with Crippen molar-refractivity contribution in [3.05, 3.63) is 30.9 Å². The number of imidazole rings is 1. The topological polar surface area (TPSA) is 116 Å². The number of fused-ring (bicyclic) bond motifs is 1. The standard InChI is InChI=1S/C25H35N9O2/c1-16(2)32-14-22(26-15-32)28-23-20-6-4-10-34(20)30-25(29-23)33-13-19(35)11-21(33)24(36)27-17-5-3-9-31(12-17)18-7-8-18/h4,6,10,14-19,21,35H,3,5,7-9,11-13H2,1-2H3,(H,27,36)(H,28,29,30)/t17?,19-,21-/m0/s1. The molecule has 3 atom stereocenters. The Hall–Kier alpha value is -3.18. The molecule has 192 valence electrons. The second-order valence-electron chi connectivity index (χ2n) is 10.7. The molecule has 36 heavy (non-hydrogen) atoms. The maximum atomic E-state index is 13.4. The zero-order valence-electron chi connectivity index (χ0n) is 20.9. The Bertz CT molecular complexity index is 1230. The molecule has 0 aromatic carbocycles. The summed E-state index contributed by atoms with van der Waals surface area (Å²) >= 11 is 0. The summed E-state index contributed by atoms with van der Waals surface area (Å²) in [6.07, 6.45) is 9.98. The molecule has 3 aliphatic rings. The monoisotopic (exact) mass is 493 g/mol. The second kappa shape index (κ2) is 9.36. The Morgan fingerprint density at radius 1 is 1.22 bits per heavy atom. The van der Waals surface area contributed by atoms with E-state index in [9.17, 15) is 9.90 Å². The van der Waals surface area contributed by atoms with Crippen LogP contribution in [0.4, 0.5) is 17.6 Å². The summed E-state index contributed by atoms with van der Waals surface area (Å²) in [7, 11) is 0. The number of carbonyl (C=O) groups excluding carboxylic acids is 1. The summed E-state index contributed by atoms with van der Waals surface area (Å²) in [6.45, 7) is 6.54. The van der Waals surface area contributed by atoms with Gasteiger partial charge in [0.25, 0.3) is 0 Å². The van der Waals surface area contributed by atoms with Crippen molar-refractivity contribution in [3.63, 3.8) is 0 Å². The first-order valence-corrected chi connectivity index (χ1v) is 13.1. The molecule has 11 nitrogen and oxygen atoms in total. The first kappa shape index (κ1) is 23.2. The zero-order chi connectivity index (χ0) is 24.8. The predicted molar refractivity (Wildman–Crippen MR) is 136 cm³/mol.